The summed E-state index contributed by atoms with van der Waals surface area (Å²) in [5.41, 5.74) is 3.28. The van der Waals surface area contributed by atoms with Gasteiger partial charge in [-0.25, -0.2) is 0 Å². The van der Waals surface area contributed by atoms with Gasteiger partial charge in [0.1, 0.15) is 6.79 Å². The molecule has 1 heteroatoms. The molecule has 1 fully saturated rings. The molecule has 0 aliphatic heterocycles. The molecule has 0 N–H and O–H groups in total. The summed E-state index contributed by atoms with van der Waals surface area (Å²) in [5.74, 6) is 0.863. The van der Waals surface area contributed by atoms with E-state index in [0.717, 1.165) is 5.92 Å². The van der Waals surface area contributed by atoms with E-state index in [-0.39, 0.29) is 0 Å². The highest BCUT2D eigenvalue weighted by Gasteiger charge is 2.17. The minimum atomic E-state index is 0.863. The fraction of sp³-hybridized carbons (Fsp3) is 0.588. The molecule has 1 aliphatic rings. The van der Waals surface area contributed by atoms with Gasteiger partial charge in [0.25, 0.3) is 0 Å². The van der Waals surface area contributed by atoms with Gasteiger partial charge in [-0.3, -0.25) is 0 Å². The van der Waals surface area contributed by atoms with Crippen LogP contribution in [0.5, 0.6) is 0 Å². The average Bonchev–Trinajstić information content (AvgIpc) is 2.48. The molecular weight excluding hydrogens is 220 g/mol. The summed E-state index contributed by atoms with van der Waals surface area (Å²) in [7, 11) is 0. The number of rotatable bonds is 4. The highest BCUT2D eigenvalue weighted by Crippen LogP contribution is 2.34. The lowest BCUT2D eigenvalue weighted by Crippen LogP contribution is -2.07. The Morgan fingerprint density at radius 2 is 1.78 bits per heavy atom. The van der Waals surface area contributed by atoms with Gasteiger partial charge in [0, 0.05) is 0 Å². The summed E-state index contributed by atoms with van der Waals surface area (Å²) >= 11 is 0. The smallest absolute Gasteiger partial charge is 0.106 e. The molecule has 1 aliphatic carbocycles. The summed E-state index contributed by atoms with van der Waals surface area (Å²) in [5, 5.41) is 0. The van der Waals surface area contributed by atoms with Crippen LogP contribution in [0.4, 0.5) is 0 Å². The third-order valence-corrected chi connectivity index (χ3v) is 3.90. The summed E-state index contributed by atoms with van der Waals surface area (Å²) in [4.78, 5) is 8.00. The zero-order chi connectivity index (χ0) is 13.2. The van der Waals surface area contributed by atoms with Gasteiger partial charge >= 0.3 is 0 Å². The van der Waals surface area contributed by atoms with E-state index in [1.807, 2.05) is 6.79 Å². The summed E-state index contributed by atoms with van der Waals surface area (Å²) in [6.07, 6.45) is 11.1. The van der Waals surface area contributed by atoms with E-state index in [4.69, 9.17) is 4.79 Å². The van der Waals surface area contributed by atoms with Crippen LogP contribution >= 0.6 is 0 Å². The number of hydrogen-bond acceptors (Lipinski definition) is 1. The lowest BCUT2D eigenvalue weighted by Gasteiger charge is -2.24. The van der Waals surface area contributed by atoms with Gasteiger partial charge < -0.3 is 4.79 Å². The van der Waals surface area contributed by atoms with Gasteiger partial charge in [-0.2, -0.15) is 0 Å². The molecule has 0 amide bonds. The molecule has 1 aromatic carbocycles. The van der Waals surface area contributed by atoms with Gasteiger partial charge in [0.15, 0.2) is 0 Å². The van der Waals surface area contributed by atoms with Crippen molar-refractivity contribution in [2.45, 2.75) is 64.2 Å². The van der Waals surface area contributed by atoms with E-state index in [9.17, 15) is 0 Å². The second-order valence-electron chi connectivity index (χ2n) is 5.14. The normalized spacial score (nSPS) is 15.8. The molecule has 1 aromatic rings. The Hall–Kier alpha value is -1.11. The molecule has 1 nitrogen and oxygen atoms in total. The fourth-order valence-corrected chi connectivity index (χ4v) is 2.94. The number of carbonyl (C=O) groups excluding carboxylic acids is 1. The van der Waals surface area contributed by atoms with Crippen LogP contribution in [0, 0.1) is 0 Å². The van der Waals surface area contributed by atoms with E-state index in [2.05, 4.69) is 31.2 Å². The lowest BCUT2D eigenvalue weighted by molar-refractivity contribution is -0.0979. The quantitative estimate of drug-likeness (QED) is 0.739. The molecule has 100 valence electrons. The molecule has 0 spiro atoms. The first-order chi connectivity index (χ1) is 8.92. The molecule has 0 aromatic heterocycles. The Morgan fingerprint density at radius 3 is 2.44 bits per heavy atom. The number of hydrogen-bond donors (Lipinski definition) is 0. The van der Waals surface area contributed by atoms with Crippen molar-refractivity contribution in [1.82, 2.24) is 0 Å². The Morgan fingerprint density at radius 1 is 1.11 bits per heavy atom. The summed E-state index contributed by atoms with van der Waals surface area (Å²) < 4.78 is 0. The van der Waals surface area contributed by atoms with Crippen molar-refractivity contribution in [2.24, 2.45) is 0 Å². The predicted octanol–water partition coefficient (Wildman–Crippen LogP) is 4.89. The van der Waals surface area contributed by atoms with Crippen molar-refractivity contribution < 1.29 is 4.79 Å². The minimum absolute atomic E-state index is 0.863. The summed E-state index contributed by atoms with van der Waals surface area (Å²) in [6.45, 7) is 4.28. The van der Waals surface area contributed by atoms with Crippen LogP contribution in [0.15, 0.2) is 24.3 Å². The number of carbonyl (C=O) groups is 1. The molecule has 18 heavy (non-hydrogen) atoms. The van der Waals surface area contributed by atoms with Crippen molar-refractivity contribution in [3.63, 3.8) is 0 Å². The van der Waals surface area contributed by atoms with Crippen molar-refractivity contribution >= 4 is 6.79 Å². The maximum Gasteiger partial charge on any atom is 0.106 e. The van der Waals surface area contributed by atoms with Gasteiger partial charge in [-0.15, -0.1) is 0 Å². The maximum absolute atomic E-state index is 8.00. The predicted molar refractivity (Wildman–Crippen MR) is 78.0 cm³/mol. The molecule has 0 unspecified atom stereocenters. The van der Waals surface area contributed by atoms with Crippen molar-refractivity contribution in [3.05, 3.63) is 35.4 Å². The molecular formula is C17H26O. The third-order valence-electron chi connectivity index (χ3n) is 3.90. The first-order valence-corrected chi connectivity index (χ1v) is 7.28. The monoisotopic (exact) mass is 246 g/mol. The van der Waals surface area contributed by atoms with Gasteiger partial charge in [-0.05, 0) is 42.7 Å². The van der Waals surface area contributed by atoms with E-state index in [0.29, 0.717) is 0 Å². The Kier molecular flexibility index (Phi) is 7.40. The standard InChI is InChI=1S/C16H24.CH2O/c1-2-3-9-14-12-7-8-13-16(14)15-10-5-4-6-11-15;1-2/h7-8,12-13,15H,2-6,9-11H2,1H3;1H2. The van der Waals surface area contributed by atoms with Crippen LogP contribution in [-0.4, -0.2) is 6.79 Å². The van der Waals surface area contributed by atoms with Crippen LogP contribution in [0.1, 0.15) is 68.9 Å². The molecule has 1 saturated carbocycles. The van der Waals surface area contributed by atoms with Gasteiger partial charge in [0.2, 0.25) is 0 Å². The first-order valence-electron chi connectivity index (χ1n) is 7.28. The van der Waals surface area contributed by atoms with Crippen molar-refractivity contribution in [2.75, 3.05) is 0 Å². The first kappa shape index (κ1) is 14.9. The van der Waals surface area contributed by atoms with Crippen molar-refractivity contribution in [1.29, 1.82) is 0 Å². The summed E-state index contributed by atoms with van der Waals surface area (Å²) in [6, 6.07) is 9.15. The van der Waals surface area contributed by atoms with Crippen LogP contribution < -0.4 is 0 Å². The van der Waals surface area contributed by atoms with Crippen molar-refractivity contribution in [3.8, 4) is 0 Å². The van der Waals surface area contributed by atoms with E-state index in [1.165, 1.54) is 51.4 Å². The molecule has 0 heterocycles. The second-order valence-corrected chi connectivity index (χ2v) is 5.14. The average molecular weight is 246 g/mol. The molecule has 0 bridgehead atoms. The Labute approximate surface area is 112 Å². The lowest BCUT2D eigenvalue weighted by atomic mass is 9.81. The van der Waals surface area contributed by atoms with Crippen LogP contribution in [0.2, 0.25) is 0 Å². The number of aryl methyl sites for hydroxylation is 1. The van der Waals surface area contributed by atoms with Crippen LogP contribution in [-0.2, 0) is 11.2 Å². The van der Waals surface area contributed by atoms with Gasteiger partial charge in [0.05, 0.1) is 0 Å². The SMILES string of the molecule is C=O.CCCCc1ccccc1C1CCCCC1. The zero-order valence-corrected chi connectivity index (χ0v) is 11.7. The number of unbranched alkanes of at least 4 members (excludes halogenated alkanes) is 1. The topological polar surface area (TPSA) is 17.1 Å². The minimum Gasteiger partial charge on any atom is -0.307 e. The third kappa shape index (κ3) is 4.29. The van der Waals surface area contributed by atoms with E-state index < -0.39 is 0 Å². The van der Waals surface area contributed by atoms with Gasteiger partial charge in [-0.1, -0.05) is 56.9 Å². The maximum atomic E-state index is 8.00. The zero-order valence-electron chi connectivity index (χ0n) is 11.7. The van der Waals surface area contributed by atoms with E-state index in [1.54, 1.807) is 11.1 Å². The molecule has 0 saturated heterocycles. The highest BCUT2D eigenvalue weighted by atomic mass is 16.1. The molecule has 0 radical (unpaired) electrons. The second kappa shape index (κ2) is 8.91. The molecule has 2 rings (SSSR count). The number of benzene rings is 1. The highest BCUT2D eigenvalue weighted by molar-refractivity contribution is 5.30. The largest absolute Gasteiger partial charge is 0.307 e. The molecule has 0 atom stereocenters. The fourth-order valence-electron chi connectivity index (χ4n) is 2.94. The van der Waals surface area contributed by atoms with Crippen LogP contribution in [0.25, 0.3) is 0 Å². The van der Waals surface area contributed by atoms with E-state index >= 15 is 0 Å². The Balaban J connectivity index is 0.000000771. The van der Waals surface area contributed by atoms with Crippen LogP contribution in [0.3, 0.4) is 0 Å². The Bertz CT molecular complexity index is 326.